The van der Waals surface area contributed by atoms with E-state index in [2.05, 4.69) is 35.1 Å². The summed E-state index contributed by atoms with van der Waals surface area (Å²) in [4.78, 5) is 12.1. The molecule has 98 valence electrons. The average Bonchev–Trinajstić information content (AvgIpc) is 2.94. The molecule has 0 saturated heterocycles. The van der Waals surface area contributed by atoms with Gasteiger partial charge in [0.2, 0.25) is 0 Å². The zero-order chi connectivity index (χ0) is 13.3. The molecule has 3 nitrogen and oxygen atoms in total. The first-order chi connectivity index (χ1) is 8.44. The lowest BCUT2D eigenvalue weighted by molar-refractivity contribution is 0.0947. The lowest BCUT2D eigenvalue weighted by Crippen LogP contribution is -2.27. The Labute approximate surface area is 116 Å². The molecule has 1 amide bonds. The zero-order valence-electron chi connectivity index (χ0n) is 10.9. The van der Waals surface area contributed by atoms with E-state index in [-0.39, 0.29) is 5.91 Å². The van der Waals surface area contributed by atoms with Gasteiger partial charge >= 0.3 is 0 Å². The van der Waals surface area contributed by atoms with Crippen LogP contribution in [0.5, 0.6) is 5.75 Å². The summed E-state index contributed by atoms with van der Waals surface area (Å²) in [7, 11) is 1.57. The van der Waals surface area contributed by atoms with Crippen molar-refractivity contribution in [3.63, 3.8) is 0 Å². The Bertz CT molecular complexity index is 471. The van der Waals surface area contributed by atoms with Gasteiger partial charge in [-0.1, -0.05) is 29.8 Å². The molecule has 1 aliphatic carbocycles. The molecule has 0 bridgehead atoms. The minimum Gasteiger partial charge on any atom is -0.496 e. The maximum absolute atomic E-state index is 12.1. The smallest absolute Gasteiger partial charge is 0.255 e. The van der Waals surface area contributed by atoms with Crippen molar-refractivity contribution in [3.8, 4) is 5.75 Å². The molecule has 18 heavy (non-hydrogen) atoms. The third-order valence-electron chi connectivity index (χ3n) is 3.63. The Morgan fingerprint density at radius 2 is 2.22 bits per heavy atom. The highest BCUT2D eigenvalue weighted by molar-refractivity contribution is 9.10. The second-order valence-electron chi connectivity index (χ2n) is 5.44. The molecular formula is C14H18BrNO2. The van der Waals surface area contributed by atoms with Crippen molar-refractivity contribution in [1.82, 2.24) is 5.32 Å². The SMILES string of the molecule is COc1cc(Br)ccc1C(=O)NCC1CC1(C)C. The van der Waals surface area contributed by atoms with Crippen molar-refractivity contribution in [2.24, 2.45) is 11.3 Å². The van der Waals surface area contributed by atoms with Gasteiger partial charge in [0.1, 0.15) is 5.75 Å². The molecule has 0 aliphatic heterocycles. The highest BCUT2D eigenvalue weighted by atomic mass is 79.9. The number of nitrogens with one attached hydrogen (secondary N) is 1. The fourth-order valence-corrected chi connectivity index (χ4v) is 2.43. The van der Waals surface area contributed by atoms with E-state index in [1.807, 2.05) is 6.07 Å². The molecule has 1 unspecified atom stereocenters. The number of ether oxygens (including phenoxy) is 1. The topological polar surface area (TPSA) is 38.3 Å². The number of benzene rings is 1. The number of hydrogen-bond donors (Lipinski definition) is 1. The Morgan fingerprint density at radius 3 is 2.78 bits per heavy atom. The van der Waals surface area contributed by atoms with Crippen LogP contribution in [-0.2, 0) is 0 Å². The third-order valence-corrected chi connectivity index (χ3v) is 4.13. The highest BCUT2D eigenvalue weighted by Crippen LogP contribution is 2.51. The average molecular weight is 312 g/mol. The molecule has 1 aromatic rings. The van der Waals surface area contributed by atoms with Crippen molar-refractivity contribution in [2.45, 2.75) is 20.3 Å². The first kappa shape index (κ1) is 13.4. The highest BCUT2D eigenvalue weighted by Gasteiger charge is 2.45. The normalized spacial score (nSPS) is 20.3. The molecule has 1 N–H and O–H groups in total. The summed E-state index contributed by atoms with van der Waals surface area (Å²) >= 11 is 3.36. The summed E-state index contributed by atoms with van der Waals surface area (Å²) in [5.41, 5.74) is 0.969. The van der Waals surface area contributed by atoms with Crippen LogP contribution < -0.4 is 10.1 Å². The molecule has 0 radical (unpaired) electrons. The second-order valence-corrected chi connectivity index (χ2v) is 6.36. The van der Waals surface area contributed by atoms with Crippen molar-refractivity contribution in [1.29, 1.82) is 0 Å². The van der Waals surface area contributed by atoms with E-state index in [4.69, 9.17) is 4.74 Å². The number of carbonyl (C=O) groups is 1. The second kappa shape index (κ2) is 4.92. The maximum atomic E-state index is 12.1. The first-order valence-corrected chi connectivity index (χ1v) is 6.85. The van der Waals surface area contributed by atoms with Crippen molar-refractivity contribution in [3.05, 3.63) is 28.2 Å². The maximum Gasteiger partial charge on any atom is 0.255 e. The summed E-state index contributed by atoms with van der Waals surface area (Å²) in [6.45, 7) is 5.19. The van der Waals surface area contributed by atoms with Crippen molar-refractivity contribution < 1.29 is 9.53 Å². The fourth-order valence-electron chi connectivity index (χ4n) is 2.09. The lowest BCUT2D eigenvalue weighted by Gasteiger charge is -2.10. The summed E-state index contributed by atoms with van der Waals surface area (Å²) in [5, 5.41) is 2.98. The molecule has 1 fully saturated rings. The standard InChI is InChI=1S/C14H18BrNO2/c1-14(2)7-9(14)8-16-13(17)11-5-4-10(15)6-12(11)18-3/h4-6,9H,7-8H2,1-3H3,(H,16,17). The minimum absolute atomic E-state index is 0.0675. The molecule has 1 aromatic carbocycles. The van der Waals surface area contributed by atoms with Crippen LogP contribution in [0.3, 0.4) is 0 Å². The van der Waals surface area contributed by atoms with Gasteiger partial charge in [0.25, 0.3) is 5.91 Å². The number of carbonyl (C=O) groups excluding carboxylic acids is 1. The van der Waals surface area contributed by atoms with Crippen LogP contribution in [0, 0.1) is 11.3 Å². The van der Waals surface area contributed by atoms with Gasteiger partial charge in [-0.25, -0.2) is 0 Å². The van der Waals surface area contributed by atoms with Crippen LogP contribution in [0.15, 0.2) is 22.7 Å². The molecule has 1 saturated carbocycles. The summed E-state index contributed by atoms with van der Waals surface area (Å²) in [6.07, 6.45) is 1.19. The van der Waals surface area contributed by atoms with Gasteiger partial charge in [0.15, 0.2) is 0 Å². The van der Waals surface area contributed by atoms with E-state index < -0.39 is 0 Å². The predicted molar refractivity (Wildman–Crippen MR) is 74.9 cm³/mol. The largest absolute Gasteiger partial charge is 0.496 e. The molecule has 4 heteroatoms. The van der Waals surface area contributed by atoms with E-state index in [0.717, 1.165) is 11.0 Å². The van der Waals surface area contributed by atoms with E-state index in [1.54, 1.807) is 19.2 Å². The van der Waals surface area contributed by atoms with Crippen LogP contribution in [0.2, 0.25) is 0 Å². The first-order valence-electron chi connectivity index (χ1n) is 6.06. The molecule has 2 rings (SSSR count). The molecular weight excluding hydrogens is 294 g/mol. The molecule has 0 spiro atoms. The van der Waals surface area contributed by atoms with Crippen molar-refractivity contribution >= 4 is 21.8 Å². The molecule has 0 heterocycles. The van der Waals surface area contributed by atoms with Gasteiger partial charge in [-0.15, -0.1) is 0 Å². The van der Waals surface area contributed by atoms with E-state index in [1.165, 1.54) is 6.42 Å². The number of methoxy groups -OCH3 is 1. The molecule has 1 atom stereocenters. The fraction of sp³-hybridized carbons (Fsp3) is 0.500. The van der Waals surface area contributed by atoms with Crippen LogP contribution >= 0.6 is 15.9 Å². The van der Waals surface area contributed by atoms with E-state index in [0.29, 0.717) is 22.6 Å². The Kier molecular flexibility index (Phi) is 3.66. The van der Waals surface area contributed by atoms with Gasteiger partial charge in [-0.2, -0.15) is 0 Å². The number of halogens is 1. The molecule has 0 aromatic heterocycles. The molecule has 1 aliphatic rings. The Balaban J connectivity index is 2.00. The van der Waals surface area contributed by atoms with Crippen LogP contribution in [0.25, 0.3) is 0 Å². The summed E-state index contributed by atoms with van der Waals surface area (Å²) in [5.74, 6) is 1.13. The lowest BCUT2D eigenvalue weighted by atomic mass is 10.1. The van der Waals surface area contributed by atoms with E-state index >= 15 is 0 Å². The predicted octanol–water partition coefficient (Wildman–Crippen LogP) is 3.23. The van der Waals surface area contributed by atoms with Gasteiger partial charge in [0, 0.05) is 11.0 Å². The summed E-state index contributed by atoms with van der Waals surface area (Å²) < 4.78 is 6.12. The zero-order valence-corrected chi connectivity index (χ0v) is 12.5. The number of amides is 1. The van der Waals surface area contributed by atoms with Crippen LogP contribution in [0.4, 0.5) is 0 Å². The van der Waals surface area contributed by atoms with Crippen LogP contribution in [-0.4, -0.2) is 19.6 Å². The Hall–Kier alpha value is -1.03. The van der Waals surface area contributed by atoms with Gasteiger partial charge in [-0.05, 0) is 36.0 Å². The van der Waals surface area contributed by atoms with E-state index in [9.17, 15) is 4.79 Å². The Morgan fingerprint density at radius 1 is 1.56 bits per heavy atom. The third kappa shape index (κ3) is 2.86. The summed E-state index contributed by atoms with van der Waals surface area (Å²) in [6, 6.07) is 5.42. The van der Waals surface area contributed by atoms with Gasteiger partial charge in [0.05, 0.1) is 12.7 Å². The van der Waals surface area contributed by atoms with Crippen molar-refractivity contribution in [2.75, 3.05) is 13.7 Å². The van der Waals surface area contributed by atoms with Gasteiger partial charge in [-0.3, -0.25) is 4.79 Å². The van der Waals surface area contributed by atoms with Crippen LogP contribution in [0.1, 0.15) is 30.6 Å². The minimum atomic E-state index is -0.0675. The number of rotatable bonds is 4. The van der Waals surface area contributed by atoms with Gasteiger partial charge < -0.3 is 10.1 Å². The monoisotopic (exact) mass is 311 g/mol. The number of hydrogen-bond acceptors (Lipinski definition) is 2. The quantitative estimate of drug-likeness (QED) is 0.927.